The van der Waals surface area contributed by atoms with Gasteiger partial charge in [-0.2, -0.15) is 13.2 Å². The van der Waals surface area contributed by atoms with Crippen molar-refractivity contribution in [3.8, 4) is 0 Å². The largest absolute Gasteiger partial charge is 0.396 e. The highest BCUT2D eigenvalue weighted by Crippen LogP contribution is 2.48. The number of rotatable bonds is 55. The van der Waals surface area contributed by atoms with Crippen molar-refractivity contribution in [2.75, 3.05) is 58.3 Å². The number of hydrogen-bond donors (Lipinski definition) is 8. The number of aliphatic hydroxyl groups is 8. The molecule has 8 N–H and O–H groups in total. The van der Waals surface area contributed by atoms with E-state index in [0.717, 1.165) is 77.0 Å². The van der Waals surface area contributed by atoms with Gasteiger partial charge in [0.05, 0.1) is 23.9 Å². The number of unbranched alkanes of at least 4 members (excludes halogenated alkanes) is 10. The van der Waals surface area contributed by atoms with Crippen molar-refractivity contribution in [3.05, 3.63) is 0 Å². The number of carbonyl (C=O) groups excluding carboxylic acids is 1. The first-order chi connectivity index (χ1) is 55.8. The normalized spacial score (nSPS) is 16.9. The van der Waals surface area contributed by atoms with Crippen LogP contribution in [-0.4, -0.2) is 126 Å². The van der Waals surface area contributed by atoms with Crippen LogP contribution >= 0.6 is 0 Å². The van der Waals surface area contributed by atoms with E-state index in [0.29, 0.717) is 123 Å². The average Bonchev–Trinajstić information content (AvgIpc) is 0.790. The Hall–Kier alpha value is -0.910. The molecule has 3 unspecified atom stereocenters. The molecule has 0 fully saturated rings. The van der Waals surface area contributed by atoms with Gasteiger partial charge in [-0.05, 0) is 205 Å². The maximum absolute atomic E-state index is 12.8. The SMILES string of the molecule is CCCCC(C)(CO)C(C)C.CCCCC(CC)(CO)C(C)C.CCCCC[C@](C)(CO)C(C)C.CCCC[C@@](C)(CCS(C)(=O)=O)C(C)C.CCCC[C@@](C)(CO)C(C)C.CCCC[C@@](CO)(C(C)C)C(F)(F)F.CCCC[C@](C)(C(C)C)C(C)O.CCCC[C@](C)(CCC(C)=O)C(C)C.CCCC[C@](C)(CO)C(C)C.CCC[C@@](C)(CO)C(C)C. The molecule has 0 bridgehead atoms. The molecule has 0 aliphatic rings. The number of hydrogen-bond acceptors (Lipinski definition) is 11. The Balaban J connectivity index is -0.000000143. The molecule has 0 rings (SSSR count). The highest BCUT2D eigenvalue weighted by atomic mass is 32.2. The molecule has 0 spiro atoms. The summed E-state index contributed by atoms with van der Waals surface area (Å²) in [6.07, 6.45) is 34.4. The average molecular weight is 1780 g/mol. The van der Waals surface area contributed by atoms with Crippen LogP contribution in [0, 0.1) is 113 Å². The number of carbonyl (C=O) groups is 1. The molecule has 0 amide bonds. The number of aliphatic hydroxyl groups excluding tert-OH is 8. The Labute approximate surface area is 764 Å². The first-order valence-electron chi connectivity index (χ1n) is 50.5. The van der Waals surface area contributed by atoms with Crippen LogP contribution in [0.25, 0.3) is 0 Å². The van der Waals surface area contributed by atoms with Crippen LogP contribution in [0.1, 0.15) is 502 Å². The number of sulfone groups is 1. The Kier molecular flexibility index (Phi) is 88.9. The number of halogens is 3. The van der Waals surface area contributed by atoms with Crippen molar-refractivity contribution in [2.24, 2.45) is 113 Å². The standard InChI is InChI=1S/C13H26O.C12H26O2S.3C11H24O.C10H19F3O.3C10H22O.C9H20O/c1-6-7-9-13(5,11(2)3)10-8-12(4)14;1-6-7-8-12(4,11(2)3)9-10-15(5,13)14;1-6-7-8-11(5,9(2)3)10(4)12;1-5-6-7-8-11(4,9-12)10(2)3;1-5-7-8-11(6-2,9-12)10(3)4;1-4-5-6-9(7-14,8(2)3)10(11,12)13;3*1-5-6-7-10(4,8-11)9(2)3;1-5-6-9(4,7-10)8(2)3/h11H,6-10H2,1-5H3;11H,6-10H2,1-5H3;9-10,12H,6-8H2,1-5H3;2*10,12H,5-9H2,1-4H3;8,14H,4-7H2,1-3H3;3*9,11H,5-8H2,1-4H3;8,10H,5-7H2,1-4H3/t13-;12-;10?,11-;11-;;9-;2*10-;;9-/m1011.110.0/s1. The van der Waals surface area contributed by atoms with Gasteiger partial charge in [0.2, 0.25) is 0 Å². The van der Waals surface area contributed by atoms with Gasteiger partial charge >= 0.3 is 6.18 Å². The molecule has 0 aromatic rings. The summed E-state index contributed by atoms with van der Waals surface area (Å²) < 4.78 is 60.7. The summed E-state index contributed by atoms with van der Waals surface area (Å²) >= 11 is 0. The van der Waals surface area contributed by atoms with E-state index in [4.69, 9.17) is 10.2 Å². The van der Waals surface area contributed by atoms with E-state index in [1.165, 1.54) is 142 Å². The predicted octanol–water partition coefficient (Wildman–Crippen LogP) is 31.5. The summed E-state index contributed by atoms with van der Waals surface area (Å²) in [5, 5.41) is 73.9. The molecule has 0 saturated carbocycles. The Bertz CT molecular complexity index is 2300. The highest BCUT2D eigenvalue weighted by Gasteiger charge is 2.55. The maximum Gasteiger partial charge on any atom is 0.396 e. The van der Waals surface area contributed by atoms with Gasteiger partial charge in [-0.15, -0.1) is 0 Å². The first-order valence-corrected chi connectivity index (χ1v) is 52.6. The monoisotopic (exact) mass is 1780 g/mol. The lowest BCUT2D eigenvalue weighted by molar-refractivity contribution is -0.254. The van der Waals surface area contributed by atoms with Gasteiger partial charge in [0.1, 0.15) is 15.6 Å². The summed E-state index contributed by atoms with van der Waals surface area (Å²) in [4.78, 5) is 11.0. The van der Waals surface area contributed by atoms with Gasteiger partial charge < -0.3 is 45.6 Å². The maximum atomic E-state index is 12.8. The van der Waals surface area contributed by atoms with Gasteiger partial charge in [0.25, 0.3) is 0 Å². The fourth-order valence-electron chi connectivity index (χ4n) is 14.2. The first kappa shape index (κ1) is 142. The molecule has 0 aromatic heterocycles. The molecule has 11 atom stereocenters. The van der Waals surface area contributed by atoms with E-state index in [2.05, 4.69) is 249 Å². The van der Waals surface area contributed by atoms with E-state index in [1.807, 2.05) is 13.8 Å². The Morgan fingerprint density at radius 3 is 0.730 bits per heavy atom. The van der Waals surface area contributed by atoms with Crippen LogP contribution in [-0.2, 0) is 14.6 Å². The highest BCUT2D eigenvalue weighted by molar-refractivity contribution is 7.90. The Morgan fingerprint density at radius 1 is 0.287 bits per heavy atom. The van der Waals surface area contributed by atoms with E-state index in [1.54, 1.807) is 6.92 Å². The minimum atomic E-state index is -4.31. The second-order valence-electron chi connectivity index (χ2n) is 43.4. The van der Waals surface area contributed by atoms with Crippen molar-refractivity contribution in [1.29, 1.82) is 0 Å². The smallest absolute Gasteiger partial charge is 0.396 e. The van der Waals surface area contributed by atoms with Crippen molar-refractivity contribution in [2.45, 2.75) is 514 Å². The third-order valence-electron chi connectivity index (χ3n) is 30.9. The number of Topliss-reactive ketones (excluding diaryl/α,β-unsaturated/α-hetero) is 1. The van der Waals surface area contributed by atoms with E-state index in [9.17, 15) is 57.0 Å². The second kappa shape index (κ2) is 76.6. The van der Waals surface area contributed by atoms with Crippen LogP contribution in [0.5, 0.6) is 0 Å². The van der Waals surface area contributed by atoms with Crippen molar-refractivity contribution >= 4 is 15.6 Å². The minimum absolute atomic E-state index is 0.0150. The molecular weight excluding hydrogens is 1550 g/mol. The summed E-state index contributed by atoms with van der Waals surface area (Å²) in [6, 6.07) is 0. The lowest BCUT2D eigenvalue weighted by Crippen LogP contribution is -2.45. The molecule has 15 heteroatoms. The lowest BCUT2D eigenvalue weighted by Gasteiger charge is -2.37. The molecule has 11 nitrogen and oxygen atoms in total. The van der Waals surface area contributed by atoms with Crippen molar-refractivity contribution in [1.82, 2.24) is 0 Å². The molecule has 0 radical (unpaired) electrons. The van der Waals surface area contributed by atoms with Gasteiger partial charge in [-0.25, -0.2) is 8.42 Å². The van der Waals surface area contributed by atoms with Crippen LogP contribution in [0.2, 0.25) is 0 Å². The Morgan fingerprint density at radius 2 is 0.541 bits per heavy atom. The zero-order chi connectivity index (χ0) is 98.6. The number of ketones is 1. The molecule has 0 aliphatic carbocycles. The van der Waals surface area contributed by atoms with Crippen molar-refractivity contribution < 1.29 is 67.2 Å². The molecular formula is C107H229F3O11S. The zero-order valence-electron chi connectivity index (χ0n) is 90.4. The number of alkyl halides is 3. The predicted molar refractivity (Wildman–Crippen MR) is 535 cm³/mol. The fourth-order valence-corrected chi connectivity index (χ4v) is 15.0. The third-order valence-corrected chi connectivity index (χ3v) is 31.8. The van der Waals surface area contributed by atoms with Crippen LogP contribution < -0.4 is 0 Å². The fraction of sp³-hybridized carbons (Fsp3) is 0.991. The van der Waals surface area contributed by atoms with Gasteiger partial charge in [0.15, 0.2) is 0 Å². The zero-order valence-corrected chi connectivity index (χ0v) is 91.2. The topological polar surface area (TPSA) is 213 Å². The third kappa shape index (κ3) is 64.0. The lowest BCUT2D eigenvalue weighted by atomic mass is 9.71. The molecule has 750 valence electrons. The summed E-state index contributed by atoms with van der Waals surface area (Å²) in [5.41, 5.74) is -0.332. The van der Waals surface area contributed by atoms with E-state index >= 15 is 0 Å². The van der Waals surface area contributed by atoms with Crippen LogP contribution in [0.4, 0.5) is 13.2 Å². The summed E-state index contributed by atoms with van der Waals surface area (Å²) in [5.74, 6) is 5.36. The van der Waals surface area contributed by atoms with E-state index < -0.39 is 34.0 Å². The molecule has 0 aliphatic heterocycles. The van der Waals surface area contributed by atoms with E-state index in [-0.39, 0.29) is 55.8 Å². The van der Waals surface area contributed by atoms with Crippen LogP contribution in [0.15, 0.2) is 0 Å². The molecule has 0 heterocycles. The van der Waals surface area contributed by atoms with Gasteiger partial charge in [-0.1, -0.05) is 398 Å². The summed E-state index contributed by atoms with van der Waals surface area (Å²) in [6.45, 7) is 88.8. The van der Waals surface area contributed by atoms with Crippen LogP contribution in [0.3, 0.4) is 0 Å². The quantitative estimate of drug-likeness (QED) is 0.0268. The minimum Gasteiger partial charge on any atom is -0.396 e. The molecule has 0 aromatic carbocycles. The van der Waals surface area contributed by atoms with Gasteiger partial charge in [0, 0.05) is 52.3 Å². The molecule has 122 heavy (non-hydrogen) atoms. The van der Waals surface area contributed by atoms with Crippen molar-refractivity contribution in [3.63, 3.8) is 0 Å². The van der Waals surface area contributed by atoms with Gasteiger partial charge in [-0.3, -0.25) is 0 Å². The molecule has 0 saturated heterocycles. The second-order valence-corrected chi connectivity index (χ2v) is 45.7. The summed E-state index contributed by atoms with van der Waals surface area (Å²) in [7, 11) is -2.82.